The molecule has 0 bridgehead atoms. The van der Waals surface area contributed by atoms with Crippen molar-refractivity contribution in [2.45, 2.75) is 24.5 Å². The molecule has 126 valence electrons. The Morgan fingerprint density at radius 1 is 1.50 bits per heavy atom. The lowest BCUT2D eigenvalue weighted by molar-refractivity contribution is -0.156. The summed E-state index contributed by atoms with van der Waals surface area (Å²) in [5.74, 6) is -0.760. The van der Waals surface area contributed by atoms with Crippen molar-refractivity contribution >= 4 is 45.2 Å². The number of thioether (sulfide) groups is 1. The maximum Gasteiger partial charge on any atom is 0.317 e. The fourth-order valence-corrected chi connectivity index (χ4v) is 3.49. The van der Waals surface area contributed by atoms with Crippen LogP contribution in [0.25, 0.3) is 10.2 Å². The maximum absolute atomic E-state index is 12.0. The summed E-state index contributed by atoms with van der Waals surface area (Å²) < 4.78 is 5.15. The number of esters is 1. The van der Waals surface area contributed by atoms with E-state index in [0.717, 1.165) is 10.2 Å². The molecular weight excluding hydrogens is 348 g/mol. The average Bonchev–Trinajstić information content (AvgIpc) is 3.06. The Kier molecular flexibility index (Phi) is 6.52. The Labute approximate surface area is 147 Å². The van der Waals surface area contributed by atoms with E-state index in [1.165, 1.54) is 41.2 Å². The van der Waals surface area contributed by atoms with Gasteiger partial charge in [0.05, 0.1) is 18.2 Å². The van der Waals surface area contributed by atoms with Crippen LogP contribution in [0, 0.1) is 11.3 Å². The van der Waals surface area contributed by atoms with Gasteiger partial charge in [0.25, 0.3) is 5.91 Å². The number of nitrogens with zero attached hydrogens (tertiary/aromatic N) is 4. The van der Waals surface area contributed by atoms with Gasteiger partial charge >= 0.3 is 5.97 Å². The number of aromatic nitrogens is 2. The molecule has 24 heavy (non-hydrogen) atoms. The van der Waals surface area contributed by atoms with Crippen LogP contribution in [-0.4, -0.2) is 52.2 Å². The second kappa shape index (κ2) is 8.61. The van der Waals surface area contributed by atoms with Crippen molar-refractivity contribution < 1.29 is 14.3 Å². The summed E-state index contributed by atoms with van der Waals surface area (Å²) in [5.41, 5.74) is 0. The molecule has 1 amide bonds. The van der Waals surface area contributed by atoms with E-state index in [2.05, 4.69) is 9.97 Å². The van der Waals surface area contributed by atoms with Crippen LogP contribution >= 0.6 is 23.1 Å². The third-order valence-electron chi connectivity index (χ3n) is 3.14. The molecule has 0 aliphatic heterocycles. The number of thiophene rings is 1. The predicted molar refractivity (Wildman–Crippen MR) is 91.6 cm³/mol. The molecule has 7 nitrogen and oxygen atoms in total. The van der Waals surface area contributed by atoms with E-state index in [0.29, 0.717) is 11.6 Å². The van der Waals surface area contributed by atoms with Crippen LogP contribution in [0.4, 0.5) is 0 Å². The first kappa shape index (κ1) is 18.2. The van der Waals surface area contributed by atoms with Crippen LogP contribution in [0.3, 0.4) is 0 Å². The summed E-state index contributed by atoms with van der Waals surface area (Å²) in [7, 11) is 1.58. The van der Waals surface area contributed by atoms with Gasteiger partial charge in [0.1, 0.15) is 16.2 Å². The van der Waals surface area contributed by atoms with Crippen LogP contribution in [-0.2, 0) is 14.3 Å². The molecule has 0 unspecified atom stereocenters. The first-order valence-electron chi connectivity index (χ1n) is 7.15. The van der Waals surface area contributed by atoms with Crippen LogP contribution in [0.1, 0.15) is 13.3 Å². The van der Waals surface area contributed by atoms with Gasteiger partial charge in [0.15, 0.2) is 6.10 Å². The molecule has 2 heterocycles. The molecule has 2 aromatic rings. The third kappa shape index (κ3) is 4.66. The van der Waals surface area contributed by atoms with E-state index in [1.807, 2.05) is 17.5 Å². The normalized spacial score (nSPS) is 11.7. The van der Waals surface area contributed by atoms with Gasteiger partial charge in [-0.1, -0.05) is 11.8 Å². The highest BCUT2D eigenvalue weighted by molar-refractivity contribution is 8.00. The summed E-state index contributed by atoms with van der Waals surface area (Å²) in [5, 5.41) is 12.1. The van der Waals surface area contributed by atoms with Gasteiger partial charge in [-0.15, -0.1) is 11.3 Å². The molecule has 9 heteroatoms. The van der Waals surface area contributed by atoms with E-state index in [4.69, 9.17) is 10.00 Å². The highest BCUT2D eigenvalue weighted by Crippen LogP contribution is 2.27. The van der Waals surface area contributed by atoms with Crippen LogP contribution in [0.15, 0.2) is 22.8 Å². The monoisotopic (exact) mass is 364 g/mol. The molecule has 0 fully saturated rings. The Morgan fingerprint density at radius 2 is 2.29 bits per heavy atom. The zero-order chi connectivity index (χ0) is 17.5. The number of ether oxygens (including phenoxy) is 1. The zero-order valence-corrected chi connectivity index (χ0v) is 14.9. The van der Waals surface area contributed by atoms with Crippen molar-refractivity contribution in [3.8, 4) is 6.07 Å². The number of hydrogen-bond acceptors (Lipinski definition) is 8. The molecule has 0 aliphatic rings. The number of amides is 1. The third-order valence-corrected chi connectivity index (χ3v) is 4.94. The molecule has 0 aromatic carbocycles. The lowest BCUT2D eigenvalue weighted by Crippen LogP contribution is -2.38. The van der Waals surface area contributed by atoms with Crippen molar-refractivity contribution in [1.29, 1.82) is 5.26 Å². The second-order valence-corrected chi connectivity index (χ2v) is 6.77. The molecule has 1 atom stereocenters. The molecule has 0 aliphatic carbocycles. The number of nitriles is 1. The van der Waals surface area contributed by atoms with Gasteiger partial charge in [-0.3, -0.25) is 9.59 Å². The van der Waals surface area contributed by atoms with Gasteiger partial charge in [-0.2, -0.15) is 5.26 Å². The van der Waals surface area contributed by atoms with Gasteiger partial charge in [-0.25, -0.2) is 9.97 Å². The van der Waals surface area contributed by atoms with Gasteiger partial charge in [-0.05, 0) is 18.4 Å². The molecule has 0 N–H and O–H groups in total. The van der Waals surface area contributed by atoms with Crippen molar-refractivity contribution in [2.75, 3.05) is 19.3 Å². The first-order valence-corrected chi connectivity index (χ1v) is 9.02. The molecule has 0 saturated heterocycles. The first-order chi connectivity index (χ1) is 11.5. The molecular formula is C15H16N4O3S2. The quantitative estimate of drug-likeness (QED) is 0.421. The van der Waals surface area contributed by atoms with Crippen LogP contribution in [0.2, 0.25) is 0 Å². The van der Waals surface area contributed by atoms with Gasteiger partial charge < -0.3 is 9.64 Å². The minimum Gasteiger partial charge on any atom is -0.452 e. The number of carbonyl (C=O) groups excluding carboxylic acids is 2. The highest BCUT2D eigenvalue weighted by Gasteiger charge is 2.21. The lowest BCUT2D eigenvalue weighted by Gasteiger charge is -2.20. The minimum absolute atomic E-state index is 0.0570. The van der Waals surface area contributed by atoms with E-state index >= 15 is 0 Å². The number of fused-ring (bicyclic) bond motifs is 1. The fourth-order valence-electron chi connectivity index (χ4n) is 1.93. The molecule has 0 radical (unpaired) electrons. The number of hydrogen-bond donors (Lipinski definition) is 0. The Morgan fingerprint density at radius 3 is 3.04 bits per heavy atom. The number of rotatable bonds is 7. The van der Waals surface area contributed by atoms with E-state index in [9.17, 15) is 9.59 Å². The minimum atomic E-state index is -0.881. The van der Waals surface area contributed by atoms with E-state index < -0.39 is 12.1 Å². The average molecular weight is 364 g/mol. The van der Waals surface area contributed by atoms with Crippen molar-refractivity contribution in [3.05, 3.63) is 17.8 Å². The molecule has 0 saturated carbocycles. The Balaban J connectivity index is 1.86. The van der Waals surface area contributed by atoms with Crippen molar-refractivity contribution in [2.24, 2.45) is 0 Å². The van der Waals surface area contributed by atoms with E-state index in [-0.39, 0.29) is 18.1 Å². The smallest absolute Gasteiger partial charge is 0.317 e. The van der Waals surface area contributed by atoms with Crippen LogP contribution in [0.5, 0.6) is 0 Å². The summed E-state index contributed by atoms with van der Waals surface area (Å²) in [6, 6.07) is 3.87. The van der Waals surface area contributed by atoms with Crippen molar-refractivity contribution in [1.82, 2.24) is 14.9 Å². The summed E-state index contributed by atoms with van der Waals surface area (Å²) in [6.45, 7) is 1.83. The maximum atomic E-state index is 12.0. The van der Waals surface area contributed by atoms with Crippen LogP contribution < -0.4 is 0 Å². The summed E-state index contributed by atoms with van der Waals surface area (Å²) in [4.78, 5) is 34.5. The summed E-state index contributed by atoms with van der Waals surface area (Å²) in [6.07, 6.45) is 0.819. The Bertz CT molecular complexity index is 771. The fraction of sp³-hybridized carbons (Fsp3) is 0.400. The standard InChI is InChI=1S/C15H16N4O3S2/c1-10(15(21)19(2)6-3-5-16)22-12(20)8-24-14-11-4-7-23-13(11)17-9-18-14/h4,7,9-10H,3,6,8H2,1-2H3/t10-/m0/s1. The molecule has 2 rings (SSSR count). The Hall–Kier alpha value is -2.18. The summed E-state index contributed by atoms with van der Waals surface area (Å²) >= 11 is 2.76. The van der Waals surface area contributed by atoms with Gasteiger partial charge in [0, 0.05) is 19.0 Å². The van der Waals surface area contributed by atoms with E-state index in [1.54, 1.807) is 7.05 Å². The topological polar surface area (TPSA) is 96.2 Å². The predicted octanol–water partition coefficient (Wildman–Crippen LogP) is 2.09. The largest absolute Gasteiger partial charge is 0.452 e. The number of carbonyl (C=O) groups is 2. The van der Waals surface area contributed by atoms with Crippen molar-refractivity contribution in [3.63, 3.8) is 0 Å². The van der Waals surface area contributed by atoms with Gasteiger partial charge in [0.2, 0.25) is 0 Å². The zero-order valence-electron chi connectivity index (χ0n) is 13.3. The highest BCUT2D eigenvalue weighted by atomic mass is 32.2. The molecule has 2 aromatic heterocycles. The SMILES string of the molecule is C[C@H](OC(=O)CSc1ncnc2sccc12)C(=O)N(C)CCC#N. The second-order valence-electron chi connectivity index (χ2n) is 4.91. The lowest BCUT2D eigenvalue weighted by atomic mass is 10.3. The molecule has 0 spiro atoms. The number of likely N-dealkylation sites (N-methyl/N-ethyl adjacent to an activating group) is 1.